The van der Waals surface area contributed by atoms with Crippen LogP contribution in [0.4, 0.5) is 4.39 Å². The average molecular weight is 369 g/mol. The normalized spacial score (nSPS) is 22.1. The van der Waals surface area contributed by atoms with E-state index in [-0.39, 0.29) is 11.9 Å². The Balaban J connectivity index is 1.52. The second-order valence-corrected chi connectivity index (χ2v) is 7.43. The van der Waals surface area contributed by atoms with Gasteiger partial charge in [-0.05, 0) is 56.5 Å². The molecule has 1 aromatic carbocycles. The van der Waals surface area contributed by atoms with E-state index in [1.165, 1.54) is 6.07 Å². The molecule has 1 saturated heterocycles. The smallest absolute Gasteiger partial charge is 0.244 e. The Kier molecular flexibility index (Phi) is 4.78. The SMILES string of the molecule is Cc1cc(-c2noc(C(C)N3CCC(C)C(n4ccnc4)C3)n2)ccc1F. The number of likely N-dealkylation sites (tertiary alicyclic amines) is 1. The van der Waals surface area contributed by atoms with Crippen LogP contribution in [0.25, 0.3) is 11.4 Å². The molecule has 1 fully saturated rings. The van der Waals surface area contributed by atoms with E-state index < -0.39 is 0 Å². The van der Waals surface area contributed by atoms with Gasteiger partial charge in [-0.25, -0.2) is 9.37 Å². The van der Waals surface area contributed by atoms with Crippen LogP contribution in [0.2, 0.25) is 0 Å². The highest BCUT2D eigenvalue weighted by Gasteiger charge is 2.32. The van der Waals surface area contributed by atoms with Crippen molar-refractivity contribution in [2.24, 2.45) is 5.92 Å². The predicted molar refractivity (Wildman–Crippen MR) is 99.5 cm³/mol. The van der Waals surface area contributed by atoms with Gasteiger partial charge in [0.2, 0.25) is 11.7 Å². The summed E-state index contributed by atoms with van der Waals surface area (Å²) in [6, 6.07) is 5.26. The average Bonchev–Trinajstić information content (AvgIpc) is 3.35. The van der Waals surface area contributed by atoms with E-state index in [0.29, 0.717) is 29.2 Å². The number of piperidine rings is 1. The van der Waals surface area contributed by atoms with E-state index in [1.54, 1.807) is 19.1 Å². The largest absolute Gasteiger partial charge is 0.337 e. The Morgan fingerprint density at radius 1 is 1.33 bits per heavy atom. The lowest BCUT2D eigenvalue weighted by Gasteiger charge is -2.39. The monoisotopic (exact) mass is 369 g/mol. The lowest BCUT2D eigenvalue weighted by molar-refractivity contribution is 0.0837. The molecule has 3 unspecified atom stereocenters. The molecule has 0 bridgehead atoms. The summed E-state index contributed by atoms with van der Waals surface area (Å²) >= 11 is 0. The molecule has 4 rings (SSSR count). The van der Waals surface area contributed by atoms with Crippen LogP contribution >= 0.6 is 0 Å². The summed E-state index contributed by atoms with van der Waals surface area (Å²) in [6.07, 6.45) is 6.84. The lowest BCUT2D eigenvalue weighted by Crippen LogP contribution is -2.41. The first-order valence-electron chi connectivity index (χ1n) is 9.34. The fourth-order valence-electron chi connectivity index (χ4n) is 3.74. The first-order chi connectivity index (χ1) is 13.0. The Hall–Kier alpha value is -2.54. The van der Waals surface area contributed by atoms with Crippen LogP contribution in [-0.4, -0.2) is 37.7 Å². The van der Waals surface area contributed by atoms with Crippen molar-refractivity contribution in [2.45, 2.75) is 39.3 Å². The minimum absolute atomic E-state index is 0.0197. The Bertz CT molecular complexity index is 907. The number of nitrogens with zero attached hydrogens (tertiary/aromatic N) is 5. The van der Waals surface area contributed by atoms with E-state index in [2.05, 4.69) is 38.4 Å². The Labute approximate surface area is 158 Å². The summed E-state index contributed by atoms with van der Waals surface area (Å²) in [7, 11) is 0. The van der Waals surface area contributed by atoms with E-state index in [9.17, 15) is 4.39 Å². The molecule has 0 aliphatic carbocycles. The maximum atomic E-state index is 13.5. The molecule has 0 amide bonds. The van der Waals surface area contributed by atoms with Gasteiger partial charge >= 0.3 is 0 Å². The zero-order valence-corrected chi connectivity index (χ0v) is 15.8. The topological polar surface area (TPSA) is 60.0 Å². The van der Waals surface area contributed by atoms with E-state index in [0.717, 1.165) is 25.1 Å². The number of hydrogen-bond acceptors (Lipinski definition) is 5. The van der Waals surface area contributed by atoms with Crippen LogP contribution < -0.4 is 0 Å². The van der Waals surface area contributed by atoms with Crippen molar-refractivity contribution in [1.82, 2.24) is 24.6 Å². The third-order valence-corrected chi connectivity index (χ3v) is 5.62. The second-order valence-electron chi connectivity index (χ2n) is 7.43. The van der Waals surface area contributed by atoms with Crippen LogP contribution in [0.1, 0.15) is 43.8 Å². The van der Waals surface area contributed by atoms with Crippen molar-refractivity contribution < 1.29 is 8.91 Å². The summed E-state index contributed by atoms with van der Waals surface area (Å²) in [5, 5.41) is 4.11. The van der Waals surface area contributed by atoms with E-state index in [4.69, 9.17) is 4.52 Å². The number of rotatable bonds is 4. The van der Waals surface area contributed by atoms with Crippen molar-refractivity contribution in [3.8, 4) is 11.4 Å². The van der Waals surface area contributed by atoms with Crippen LogP contribution in [0, 0.1) is 18.7 Å². The van der Waals surface area contributed by atoms with Crippen LogP contribution in [0.3, 0.4) is 0 Å². The van der Waals surface area contributed by atoms with Crippen molar-refractivity contribution >= 4 is 0 Å². The maximum absolute atomic E-state index is 13.5. The lowest BCUT2D eigenvalue weighted by atomic mass is 9.92. The summed E-state index contributed by atoms with van der Waals surface area (Å²) < 4.78 is 21.2. The molecular weight excluding hydrogens is 345 g/mol. The highest BCUT2D eigenvalue weighted by atomic mass is 19.1. The van der Waals surface area contributed by atoms with Crippen molar-refractivity contribution in [1.29, 1.82) is 0 Å². The maximum Gasteiger partial charge on any atom is 0.244 e. The fourth-order valence-corrected chi connectivity index (χ4v) is 3.74. The number of halogens is 1. The van der Waals surface area contributed by atoms with Gasteiger partial charge in [0.25, 0.3) is 0 Å². The molecule has 142 valence electrons. The van der Waals surface area contributed by atoms with Crippen LogP contribution in [-0.2, 0) is 0 Å². The molecule has 1 aliphatic heterocycles. The van der Waals surface area contributed by atoms with Crippen LogP contribution in [0.5, 0.6) is 0 Å². The van der Waals surface area contributed by atoms with E-state index in [1.807, 2.05) is 18.7 Å². The number of aromatic nitrogens is 4. The summed E-state index contributed by atoms with van der Waals surface area (Å²) in [5.74, 6) is 1.44. The minimum atomic E-state index is -0.233. The molecule has 3 heterocycles. The third-order valence-electron chi connectivity index (χ3n) is 5.62. The van der Waals surface area contributed by atoms with Gasteiger partial charge in [0.05, 0.1) is 12.4 Å². The van der Waals surface area contributed by atoms with Crippen molar-refractivity contribution in [3.05, 3.63) is 54.2 Å². The first kappa shape index (κ1) is 17.9. The molecule has 3 aromatic rings. The molecule has 0 N–H and O–H groups in total. The van der Waals surface area contributed by atoms with Gasteiger partial charge in [-0.3, -0.25) is 4.90 Å². The molecule has 7 heteroatoms. The van der Waals surface area contributed by atoms with Crippen molar-refractivity contribution in [2.75, 3.05) is 13.1 Å². The van der Waals surface area contributed by atoms with Gasteiger partial charge in [-0.1, -0.05) is 12.1 Å². The molecule has 0 saturated carbocycles. The Morgan fingerprint density at radius 3 is 2.93 bits per heavy atom. The number of hydrogen-bond donors (Lipinski definition) is 0. The number of imidazole rings is 1. The molecule has 27 heavy (non-hydrogen) atoms. The molecule has 1 aliphatic rings. The van der Waals surface area contributed by atoms with Gasteiger partial charge in [-0.15, -0.1) is 0 Å². The third kappa shape index (κ3) is 3.51. The zero-order chi connectivity index (χ0) is 19.0. The minimum Gasteiger partial charge on any atom is -0.337 e. The summed E-state index contributed by atoms with van der Waals surface area (Å²) in [5.41, 5.74) is 1.33. The Morgan fingerprint density at radius 2 is 2.19 bits per heavy atom. The van der Waals surface area contributed by atoms with Gasteiger partial charge in [-0.2, -0.15) is 4.98 Å². The zero-order valence-electron chi connectivity index (χ0n) is 15.8. The summed E-state index contributed by atoms with van der Waals surface area (Å²) in [4.78, 5) is 11.1. The fraction of sp³-hybridized carbons (Fsp3) is 0.450. The highest BCUT2D eigenvalue weighted by Crippen LogP contribution is 2.32. The van der Waals surface area contributed by atoms with Gasteiger partial charge in [0, 0.05) is 30.5 Å². The van der Waals surface area contributed by atoms with Gasteiger partial charge < -0.3 is 9.09 Å². The second kappa shape index (κ2) is 7.23. The standard InChI is InChI=1S/C20H24FN5O/c1-13-6-8-25(11-18(13)26-9-7-22-12-26)15(3)20-23-19(24-27-20)16-4-5-17(21)14(2)10-16/h4-5,7,9-10,12-13,15,18H,6,8,11H2,1-3H3. The number of benzene rings is 1. The first-order valence-corrected chi connectivity index (χ1v) is 9.34. The highest BCUT2D eigenvalue weighted by molar-refractivity contribution is 5.55. The predicted octanol–water partition coefficient (Wildman–Crippen LogP) is 4.02. The molecule has 6 nitrogen and oxygen atoms in total. The summed E-state index contributed by atoms with van der Waals surface area (Å²) in [6.45, 7) is 8.00. The molecule has 0 radical (unpaired) electrons. The molecule has 3 atom stereocenters. The quantitative estimate of drug-likeness (QED) is 0.695. The molecule has 0 spiro atoms. The van der Waals surface area contributed by atoms with Gasteiger partial charge in [0.1, 0.15) is 5.82 Å². The van der Waals surface area contributed by atoms with Crippen LogP contribution in [0.15, 0.2) is 41.4 Å². The van der Waals surface area contributed by atoms with Crippen molar-refractivity contribution in [3.63, 3.8) is 0 Å². The molecular formula is C20H24FN5O. The van der Waals surface area contributed by atoms with Gasteiger partial charge in [0.15, 0.2) is 0 Å². The van der Waals surface area contributed by atoms with E-state index >= 15 is 0 Å². The number of aryl methyl sites for hydroxylation is 1. The molecule has 2 aromatic heterocycles.